The van der Waals surface area contributed by atoms with Gasteiger partial charge in [0.1, 0.15) is 0 Å². The normalized spacial score (nSPS) is 26.4. The van der Waals surface area contributed by atoms with Crippen molar-refractivity contribution >= 4 is 23.2 Å². The number of hydrogen-bond acceptors (Lipinski definition) is 7. The van der Waals surface area contributed by atoms with Crippen molar-refractivity contribution in [3.63, 3.8) is 0 Å². The predicted molar refractivity (Wildman–Crippen MR) is 101 cm³/mol. The van der Waals surface area contributed by atoms with Crippen LogP contribution in [0.5, 0.6) is 0 Å². The van der Waals surface area contributed by atoms with Crippen molar-refractivity contribution in [2.45, 2.75) is 18.2 Å². The minimum Gasteiger partial charge on any atom is -0.368 e. The van der Waals surface area contributed by atoms with Crippen LogP contribution in [-0.4, -0.2) is 32.8 Å². The third-order valence-electron chi connectivity index (χ3n) is 5.12. The molecule has 2 aromatic carbocycles. The number of thioether (sulfide) groups is 1. The van der Waals surface area contributed by atoms with E-state index in [4.69, 9.17) is 0 Å². The van der Waals surface area contributed by atoms with Crippen molar-refractivity contribution in [2.24, 2.45) is 0 Å². The maximum Gasteiger partial charge on any atom is 0.321 e. The standard InChI is InChI=1S/C19H16N2O5S/c1-11-7-9-12(10-8-11)20-17(27-2)15(21(25)26)18(23)16(22)13-5-3-4-6-14(13)19(18,20)24/h3-10,23-24H,1-2H3/t18-,19+/m1/s1. The van der Waals surface area contributed by atoms with Crippen molar-refractivity contribution in [3.8, 4) is 0 Å². The molecule has 0 fully saturated rings. The topological polar surface area (TPSA) is 104 Å². The fourth-order valence-electron chi connectivity index (χ4n) is 3.89. The van der Waals surface area contributed by atoms with Crippen molar-refractivity contribution < 1.29 is 19.9 Å². The summed E-state index contributed by atoms with van der Waals surface area (Å²) in [4.78, 5) is 25.4. The number of anilines is 1. The Morgan fingerprint density at radius 2 is 1.74 bits per heavy atom. The average Bonchev–Trinajstić information content (AvgIpc) is 2.97. The van der Waals surface area contributed by atoms with Crippen LogP contribution in [0.25, 0.3) is 0 Å². The van der Waals surface area contributed by atoms with Gasteiger partial charge in [-0.25, -0.2) is 0 Å². The van der Waals surface area contributed by atoms with Gasteiger partial charge in [0.15, 0.2) is 5.03 Å². The van der Waals surface area contributed by atoms with E-state index in [1.807, 2.05) is 6.92 Å². The number of ketones is 1. The van der Waals surface area contributed by atoms with Crippen LogP contribution in [0.15, 0.2) is 59.3 Å². The number of carbonyl (C=O) groups excluding carboxylic acids is 1. The van der Waals surface area contributed by atoms with E-state index < -0.39 is 27.7 Å². The van der Waals surface area contributed by atoms with Gasteiger partial charge in [-0.1, -0.05) is 42.0 Å². The largest absolute Gasteiger partial charge is 0.368 e. The molecule has 0 saturated carbocycles. The lowest BCUT2D eigenvalue weighted by atomic mass is 9.89. The van der Waals surface area contributed by atoms with Crippen molar-refractivity contribution in [2.75, 3.05) is 11.2 Å². The van der Waals surface area contributed by atoms with Crippen molar-refractivity contribution in [1.82, 2.24) is 0 Å². The number of aliphatic hydroxyl groups is 2. The molecule has 0 bridgehead atoms. The molecule has 0 aromatic heterocycles. The number of aryl methyl sites for hydroxylation is 1. The van der Waals surface area contributed by atoms with E-state index >= 15 is 0 Å². The molecule has 27 heavy (non-hydrogen) atoms. The molecular weight excluding hydrogens is 368 g/mol. The Kier molecular flexibility index (Phi) is 3.71. The highest BCUT2D eigenvalue weighted by Gasteiger charge is 2.77. The predicted octanol–water partition coefficient (Wildman–Crippen LogP) is 2.40. The summed E-state index contributed by atoms with van der Waals surface area (Å²) >= 11 is 0.998. The fraction of sp³-hybridized carbons (Fsp3) is 0.211. The third kappa shape index (κ3) is 1.97. The van der Waals surface area contributed by atoms with E-state index in [1.54, 1.807) is 42.7 Å². The summed E-state index contributed by atoms with van der Waals surface area (Å²) < 4.78 is 0. The van der Waals surface area contributed by atoms with Crippen LogP contribution in [0.3, 0.4) is 0 Å². The number of nitro groups is 1. The fourth-order valence-corrected chi connectivity index (χ4v) is 4.73. The summed E-state index contributed by atoms with van der Waals surface area (Å²) in [6.45, 7) is 1.89. The molecule has 0 saturated heterocycles. The first kappa shape index (κ1) is 17.7. The van der Waals surface area contributed by atoms with E-state index in [-0.39, 0.29) is 16.2 Å². The van der Waals surface area contributed by atoms with Crippen molar-refractivity contribution in [3.05, 3.63) is 86.1 Å². The number of rotatable bonds is 3. The van der Waals surface area contributed by atoms with Gasteiger partial charge in [-0.3, -0.25) is 19.8 Å². The molecular formula is C19H16N2O5S. The van der Waals surface area contributed by atoms with Gasteiger partial charge in [-0.15, -0.1) is 11.8 Å². The zero-order valence-electron chi connectivity index (χ0n) is 14.5. The van der Waals surface area contributed by atoms with E-state index in [0.717, 1.165) is 17.3 Å². The van der Waals surface area contributed by atoms with Crippen LogP contribution in [0, 0.1) is 17.0 Å². The van der Waals surface area contributed by atoms with Gasteiger partial charge in [0.05, 0.1) is 4.92 Å². The van der Waals surface area contributed by atoms with Gasteiger partial charge in [-0.2, -0.15) is 0 Å². The molecule has 2 aliphatic rings. The first-order valence-corrected chi connectivity index (χ1v) is 9.40. The van der Waals surface area contributed by atoms with Crippen LogP contribution in [0.2, 0.25) is 0 Å². The molecule has 0 unspecified atom stereocenters. The number of benzene rings is 2. The number of nitrogens with zero attached hydrogens (tertiary/aromatic N) is 2. The molecule has 8 heteroatoms. The average molecular weight is 384 g/mol. The van der Waals surface area contributed by atoms with Crippen LogP contribution in [0.1, 0.15) is 21.5 Å². The van der Waals surface area contributed by atoms with E-state index in [1.165, 1.54) is 17.0 Å². The Bertz CT molecular complexity index is 1020. The molecule has 138 valence electrons. The second kappa shape index (κ2) is 5.66. The molecule has 4 rings (SSSR count). The Hall–Kier alpha value is -2.68. The van der Waals surface area contributed by atoms with Gasteiger partial charge in [0.2, 0.25) is 11.5 Å². The molecule has 0 spiro atoms. The molecule has 0 radical (unpaired) electrons. The van der Waals surface area contributed by atoms with E-state index in [9.17, 15) is 25.1 Å². The zero-order chi connectivity index (χ0) is 19.6. The Morgan fingerprint density at radius 1 is 1.11 bits per heavy atom. The quantitative estimate of drug-likeness (QED) is 0.618. The molecule has 2 N–H and O–H groups in total. The van der Waals surface area contributed by atoms with Gasteiger partial charge >= 0.3 is 5.70 Å². The molecule has 2 aromatic rings. The summed E-state index contributed by atoms with van der Waals surface area (Å²) in [5.41, 5.74) is -4.11. The summed E-state index contributed by atoms with van der Waals surface area (Å²) in [6.07, 6.45) is 1.60. The maximum absolute atomic E-state index is 13.0. The number of carbonyl (C=O) groups is 1. The molecule has 2 atom stereocenters. The SMILES string of the molecule is CSC1=C([N+](=O)[O-])[C@@]2(O)C(=O)c3ccccc3[C@@]2(O)N1c1ccc(C)cc1. The smallest absolute Gasteiger partial charge is 0.321 e. The van der Waals surface area contributed by atoms with Crippen LogP contribution < -0.4 is 4.90 Å². The Balaban J connectivity index is 2.10. The second-order valence-corrected chi connectivity index (χ2v) is 7.34. The minimum absolute atomic E-state index is 0.0247. The lowest BCUT2D eigenvalue weighted by Crippen LogP contribution is -2.58. The monoisotopic (exact) mass is 384 g/mol. The maximum atomic E-state index is 13.0. The van der Waals surface area contributed by atoms with Crippen LogP contribution >= 0.6 is 11.8 Å². The second-order valence-electron chi connectivity index (χ2n) is 6.54. The number of hydrogen-bond donors (Lipinski definition) is 2. The lowest BCUT2D eigenvalue weighted by Gasteiger charge is -2.38. The van der Waals surface area contributed by atoms with E-state index in [2.05, 4.69) is 0 Å². The molecule has 1 aliphatic carbocycles. The molecule has 1 heterocycles. The third-order valence-corrected chi connectivity index (χ3v) is 5.88. The molecule has 1 aliphatic heterocycles. The van der Waals surface area contributed by atoms with Gasteiger partial charge < -0.3 is 10.2 Å². The highest BCUT2D eigenvalue weighted by Crippen LogP contribution is 2.59. The zero-order valence-corrected chi connectivity index (χ0v) is 15.4. The highest BCUT2D eigenvalue weighted by molar-refractivity contribution is 8.02. The number of Topliss-reactive ketones (excluding diaryl/α,β-unsaturated/α-hetero) is 1. The lowest BCUT2D eigenvalue weighted by molar-refractivity contribution is -0.443. The molecule has 0 amide bonds. The molecule has 7 nitrogen and oxygen atoms in total. The van der Waals surface area contributed by atoms with E-state index in [0.29, 0.717) is 5.69 Å². The minimum atomic E-state index is -2.70. The highest BCUT2D eigenvalue weighted by atomic mass is 32.2. The summed E-state index contributed by atoms with van der Waals surface area (Å²) in [7, 11) is 0. The summed E-state index contributed by atoms with van der Waals surface area (Å²) in [6, 6.07) is 13.1. The van der Waals surface area contributed by atoms with Gasteiger partial charge in [0.25, 0.3) is 5.60 Å². The Labute approximate surface area is 159 Å². The first-order chi connectivity index (χ1) is 12.8. The van der Waals surface area contributed by atoms with Gasteiger partial charge in [-0.05, 0) is 25.3 Å². The van der Waals surface area contributed by atoms with Gasteiger partial charge in [0, 0.05) is 16.8 Å². The summed E-state index contributed by atoms with van der Waals surface area (Å²) in [5, 5.41) is 35.0. The van der Waals surface area contributed by atoms with Crippen LogP contribution in [0.4, 0.5) is 5.69 Å². The first-order valence-electron chi connectivity index (χ1n) is 8.17. The Morgan fingerprint density at radius 3 is 2.33 bits per heavy atom. The van der Waals surface area contributed by atoms with Crippen LogP contribution in [-0.2, 0) is 5.72 Å². The summed E-state index contributed by atoms with van der Waals surface area (Å²) in [5.74, 6) is -0.881. The van der Waals surface area contributed by atoms with Crippen molar-refractivity contribution in [1.29, 1.82) is 0 Å². The number of fused-ring (bicyclic) bond motifs is 3.